The summed E-state index contributed by atoms with van der Waals surface area (Å²) in [5, 5.41) is 43.5. The number of aliphatic carboxylic acids is 2. The van der Waals surface area contributed by atoms with Gasteiger partial charge in [-0.3, -0.25) is 28.8 Å². The molecular formula is C88H126N2O12. The number of benzene rings is 4. The second-order valence-electron chi connectivity index (χ2n) is 31.2. The molecule has 8 atom stereocenters. The summed E-state index contributed by atoms with van der Waals surface area (Å²) >= 11 is 0. The predicted octanol–water partition coefficient (Wildman–Crippen LogP) is 21.6. The molecule has 0 aliphatic heterocycles. The highest BCUT2D eigenvalue weighted by atomic mass is 16.6. The topological polar surface area (TPSA) is 227 Å². The van der Waals surface area contributed by atoms with E-state index in [1.165, 1.54) is 122 Å². The zero-order valence-corrected chi connectivity index (χ0v) is 63.5. The van der Waals surface area contributed by atoms with Crippen LogP contribution in [0.5, 0.6) is 0 Å². The predicted molar refractivity (Wildman–Crippen MR) is 405 cm³/mol. The van der Waals surface area contributed by atoms with Crippen LogP contribution in [0.4, 0.5) is 0 Å². The molecule has 4 aromatic carbocycles. The molecule has 0 saturated heterocycles. The van der Waals surface area contributed by atoms with Crippen molar-refractivity contribution in [2.75, 3.05) is 26.4 Å². The van der Waals surface area contributed by atoms with Gasteiger partial charge in [0.25, 0.3) is 0 Å². The van der Waals surface area contributed by atoms with Crippen LogP contribution in [-0.4, -0.2) is 72.5 Å². The molecule has 0 fully saturated rings. The Morgan fingerprint density at radius 1 is 0.422 bits per heavy atom. The standard InChI is InChI=1S/C88H126N2O12/c1-9-11-13-15-17-19-21-23-25-27-29-31-33-37-47-65(3)57-75(82(93)94)79(86(98)102-64-88(7,8)63-100-84(96)76(59-89)78(67-48-39-35-40-49-67)68-50-41-36-42-51-68)69(52-38-34-32-30-28-26-24-22-20-18-16-14-12-10-2)58-74(66(4)81(91)92)83(95)99-61-87(5,6)62-101-85(97)77(60-90)80-72-55-45-43-53-70(72)71-54-44-46-56-73(71)80/h35-36,39-46,48-51,53-56,65-66,69,74-80H,9-34,37-38,47,52,57-58,61-64H2,1-8H3,(H,91,92)(H,93,94). The van der Waals surface area contributed by atoms with Gasteiger partial charge in [0.1, 0.15) is 0 Å². The number of ether oxygens (including phenoxy) is 4. The van der Waals surface area contributed by atoms with Gasteiger partial charge in [0.15, 0.2) is 11.8 Å². The maximum atomic E-state index is 15.5. The number of unbranched alkanes of at least 4 members (excludes halogenated alkanes) is 26. The van der Waals surface area contributed by atoms with Gasteiger partial charge in [0.05, 0.1) is 62.2 Å². The summed E-state index contributed by atoms with van der Waals surface area (Å²) in [5.74, 6) is -15.5. The van der Waals surface area contributed by atoms with Crippen molar-refractivity contribution < 1.29 is 57.9 Å². The van der Waals surface area contributed by atoms with Crippen LogP contribution < -0.4 is 0 Å². The average molecular weight is 1400 g/mol. The number of nitrogens with zero attached hydrogens (tertiary/aromatic N) is 2. The number of carbonyl (C=O) groups is 6. The molecule has 4 aromatic rings. The second kappa shape index (κ2) is 47.1. The number of carboxylic acids is 2. The first-order chi connectivity index (χ1) is 49.2. The Balaban J connectivity index is 1.38. The third kappa shape index (κ3) is 29.4. The van der Waals surface area contributed by atoms with Crippen LogP contribution in [0.3, 0.4) is 0 Å². The molecule has 2 N–H and O–H groups in total. The Hall–Kier alpha value is -7.32. The molecule has 0 heterocycles. The van der Waals surface area contributed by atoms with E-state index < -0.39 is 99.9 Å². The Labute approximate surface area is 613 Å². The molecule has 1 aliphatic rings. The van der Waals surface area contributed by atoms with Gasteiger partial charge in [-0.15, -0.1) is 0 Å². The van der Waals surface area contributed by atoms with Gasteiger partial charge in [-0.25, -0.2) is 0 Å². The smallest absolute Gasteiger partial charge is 0.324 e. The molecule has 0 bridgehead atoms. The van der Waals surface area contributed by atoms with Crippen molar-refractivity contribution in [2.45, 2.75) is 273 Å². The fraction of sp³-hybridized carbons (Fsp3) is 0.636. The molecule has 8 unspecified atom stereocenters. The van der Waals surface area contributed by atoms with Gasteiger partial charge in [-0.1, -0.05) is 351 Å². The van der Waals surface area contributed by atoms with Crippen molar-refractivity contribution in [3.8, 4) is 23.3 Å². The van der Waals surface area contributed by atoms with Crippen LogP contribution in [0.25, 0.3) is 11.1 Å². The molecule has 560 valence electrons. The van der Waals surface area contributed by atoms with E-state index in [9.17, 15) is 44.7 Å². The molecule has 102 heavy (non-hydrogen) atoms. The van der Waals surface area contributed by atoms with E-state index in [1.807, 2.05) is 116 Å². The van der Waals surface area contributed by atoms with Crippen molar-refractivity contribution in [1.82, 2.24) is 0 Å². The van der Waals surface area contributed by atoms with Crippen LogP contribution in [0.1, 0.15) is 295 Å². The van der Waals surface area contributed by atoms with E-state index in [0.717, 1.165) is 97.6 Å². The highest BCUT2D eigenvalue weighted by molar-refractivity contribution is 5.86. The van der Waals surface area contributed by atoms with Gasteiger partial charge >= 0.3 is 35.8 Å². The Morgan fingerprint density at radius 2 is 0.784 bits per heavy atom. The van der Waals surface area contributed by atoms with E-state index in [-0.39, 0.29) is 45.2 Å². The van der Waals surface area contributed by atoms with Gasteiger partial charge < -0.3 is 29.2 Å². The third-order valence-corrected chi connectivity index (χ3v) is 21.1. The number of esters is 4. The normalized spacial score (nSPS) is 14.5. The summed E-state index contributed by atoms with van der Waals surface area (Å²) in [6.07, 6.45) is 33.4. The van der Waals surface area contributed by atoms with Gasteiger partial charge in [-0.05, 0) is 64.5 Å². The molecule has 1 aliphatic carbocycles. The van der Waals surface area contributed by atoms with Crippen LogP contribution in [-0.2, 0) is 47.7 Å². The fourth-order valence-electron chi connectivity index (χ4n) is 14.9. The molecule has 14 heteroatoms. The molecule has 0 spiro atoms. The van der Waals surface area contributed by atoms with E-state index >= 15 is 4.79 Å². The van der Waals surface area contributed by atoms with Crippen LogP contribution in [0.2, 0.25) is 0 Å². The first-order valence-electron chi connectivity index (χ1n) is 39.4. The summed E-state index contributed by atoms with van der Waals surface area (Å²) in [5.41, 5.74) is 3.05. The number of hydrogen-bond acceptors (Lipinski definition) is 12. The van der Waals surface area contributed by atoms with Crippen molar-refractivity contribution >= 4 is 35.8 Å². The van der Waals surface area contributed by atoms with E-state index in [4.69, 9.17) is 18.9 Å². The monoisotopic (exact) mass is 1400 g/mol. The van der Waals surface area contributed by atoms with Crippen LogP contribution >= 0.6 is 0 Å². The van der Waals surface area contributed by atoms with E-state index in [2.05, 4.69) is 26.0 Å². The van der Waals surface area contributed by atoms with E-state index in [0.29, 0.717) is 12.8 Å². The maximum Gasteiger partial charge on any atom is 0.324 e. The molecule has 14 nitrogen and oxygen atoms in total. The maximum absolute atomic E-state index is 15.5. The SMILES string of the molecule is CCCCCCCCCCCCCCCCC(C)CC(C(=O)O)C(C(=O)OCC(C)(C)COC(=O)C(C#N)C(c1ccccc1)c1ccccc1)C(CCCCCCCCCCCCCCCC)CC(C(=O)OCC(C)(C)COC(=O)C(C#N)C1c2ccccc2-c2ccccc21)C(C)C(=O)O. The minimum absolute atomic E-state index is 0.122. The number of hydrogen-bond donors (Lipinski definition) is 2. The summed E-state index contributed by atoms with van der Waals surface area (Å²) in [4.78, 5) is 85.9. The first kappa shape index (κ1) is 85.3. The summed E-state index contributed by atoms with van der Waals surface area (Å²) in [6.45, 7) is 13.8. The lowest BCUT2D eigenvalue weighted by Crippen LogP contribution is -2.42. The molecule has 5 rings (SSSR count). The highest BCUT2D eigenvalue weighted by Crippen LogP contribution is 2.49. The summed E-state index contributed by atoms with van der Waals surface area (Å²) in [6, 6.07) is 38.4. The third-order valence-electron chi connectivity index (χ3n) is 21.1. The Bertz CT molecular complexity index is 3100. The number of nitriles is 2. The fourth-order valence-corrected chi connectivity index (χ4v) is 14.9. The second-order valence-corrected chi connectivity index (χ2v) is 31.2. The van der Waals surface area contributed by atoms with Gasteiger partial charge in [0.2, 0.25) is 0 Å². The van der Waals surface area contributed by atoms with Crippen LogP contribution in [0.15, 0.2) is 109 Å². The van der Waals surface area contributed by atoms with Crippen molar-refractivity contribution in [3.63, 3.8) is 0 Å². The molecule has 0 amide bonds. The zero-order chi connectivity index (χ0) is 74.1. The molecule has 0 radical (unpaired) electrons. The summed E-state index contributed by atoms with van der Waals surface area (Å²) in [7, 11) is 0. The Kier molecular flexibility index (Phi) is 39.4. The van der Waals surface area contributed by atoms with Crippen molar-refractivity contribution in [2.24, 2.45) is 58.2 Å². The molecule has 0 aromatic heterocycles. The lowest BCUT2D eigenvalue weighted by Gasteiger charge is -2.35. The first-order valence-corrected chi connectivity index (χ1v) is 39.4. The largest absolute Gasteiger partial charge is 0.481 e. The summed E-state index contributed by atoms with van der Waals surface area (Å²) < 4.78 is 24.3. The minimum Gasteiger partial charge on any atom is -0.481 e. The number of carbonyl (C=O) groups excluding carboxylic acids is 4. The minimum atomic E-state index is -1.35. The van der Waals surface area contributed by atoms with Gasteiger partial charge in [-0.2, -0.15) is 10.5 Å². The molecule has 0 saturated carbocycles. The van der Waals surface area contributed by atoms with Crippen molar-refractivity contribution in [3.05, 3.63) is 131 Å². The lowest BCUT2D eigenvalue weighted by molar-refractivity contribution is -0.168. The highest BCUT2D eigenvalue weighted by Gasteiger charge is 2.46. The average Bonchev–Trinajstić information content (AvgIpc) is 1.60. The van der Waals surface area contributed by atoms with Crippen LogP contribution in [0, 0.1) is 80.8 Å². The van der Waals surface area contributed by atoms with Crippen molar-refractivity contribution in [1.29, 1.82) is 10.5 Å². The molecular weight excluding hydrogens is 1280 g/mol. The van der Waals surface area contributed by atoms with Gasteiger partial charge in [0, 0.05) is 22.7 Å². The zero-order valence-electron chi connectivity index (χ0n) is 63.5. The number of carboxylic acid groups (broad SMARTS) is 2. The lowest BCUT2D eigenvalue weighted by atomic mass is 9.70. The Morgan fingerprint density at radius 3 is 1.18 bits per heavy atom. The van der Waals surface area contributed by atoms with E-state index in [1.54, 1.807) is 27.7 Å². The number of fused-ring (bicyclic) bond motifs is 3. The quantitative estimate of drug-likeness (QED) is 0.0238. The number of rotatable bonds is 55.